The van der Waals surface area contributed by atoms with Gasteiger partial charge in [0.2, 0.25) is 5.16 Å². The van der Waals surface area contributed by atoms with Crippen LogP contribution in [0.25, 0.3) is 5.00 Å². The number of tetrazole rings is 1. The summed E-state index contributed by atoms with van der Waals surface area (Å²) in [5.41, 5.74) is -1.61. The van der Waals surface area contributed by atoms with Crippen molar-refractivity contribution < 1.29 is 33.0 Å². The molecule has 0 aliphatic rings. The molecule has 9 nitrogen and oxygen atoms in total. The molecule has 0 fully saturated rings. The Bertz CT molecular complexity index is 996. The van der Waals surface area contributed by atoms with Crippen molar-refractivity contribution in [1.29, 1.82) is 0 Å². The van der Waals surface area contributed by atoms with Crippen LogP contribution in [-0.4, -0.2) is 47.3 Å². The standard InChI is InChI=1S/C11H4F3N5O4S3/c12-11(13,14)5-4(8(22)23)25-10(15-5)26-9-16-17-18-19(9)6-3(7(20)21)1-2-24-6/h1-2H,(H,20,21)(H,22,23). The molecular formula is C11H4F3N5O4S3. The summed E-state index contributed by atoms with van der Waals surface area (Å²) in [5, 5.41) is 30.3. The molecule has 0 atom stereocenters. The third-order valence-corrected chi connectivity index (χ3v) is 5.69. The number of hydrogen-bond donors (Lipinski definition) is 2. The van der Waals surface area contributed by atoms with Crippen molar-refractivity contribution in [3.05, 3.63) is 27.6 Å². The van der Waals surface area contributed by atoms with E-state index in [-0.39, 0.29) is 20.1 Å². The number of carboxylic acids is 2. The van der Waals surface area contributed by atoms with Crippen molar-refractivity contribution in [2.24, 2.45) is 0 Å². The Kier molecular flexibility index (Phi) is 4.68. The van der Waals surface area contributed by atoms with Crippen LogP contribution in [0.5, 0.6) is 0 Å². The molecular weight excluding hydrogens is 419 g/mol. The number of aromatic nitrogens is 5. The summed E-state index contributed by atoms with van der Waals surface area (Å²) >= 11 is 1.93. The van der Waals surface area contributed by atoms with Crippen LogP contribution in [0, 0.1) is 0 Å². The lowest BCUT2D eigenvalue weighted by Gasteiger charge is -2.02. The van der Waals surface area contributed by atoms with Crippen LogP contribution >= 0.6 is 34.4 Å². The summed E-state index contributed by atoms with van der Waals surface area (Å²) < 4.78 is 39.5. The van der Waals surface area contributed by atoms with Gasteiger partial charge in [0.05, 0.1) is 5.56 Å². The Morgan fingerprint density at radius 3 is 2.54 bits per heavy atom. The van der Waals surface area contributed by atoms with Gasteiger partial charge in [0.15, 0.2) is 10.0 Å². The zero-order valence-electron chi connectivity index (χ0n) is 12.0. The minimum absolute atomic E-state index is 0.0608. The Morgan fingerprint density at radius 1 is 1.23 bits per heavy atom. The van der Waals surface area contributed by atoms with Crippen molar-refractivity contribution in [2.45, 2.75) is 15.7 Å². The minimum atomic E-state index is -4.93. The second-order valence-electron chi connectivity index (χ2n) is 4.38. The topological polar surface area (TPSA) is 131 Å². The smallest absolute Gasteiger partial charge is 0.435 e. The number of nitrogens with zero attached hydrogens (tertiary/aromatic N) is 5. The molecule has 0 amide bonds. The van der Waals surface area contributed by atoms with Gasteiger partial charge in [-0.3, -0.25) is 0 Å². The van der Waals surface area contributed by atoms with E-state index in [1.807, 2.05) is 0 Å². The molecule has 0 spiro atoms. The average molecular weight is 423 g/mol. The first kappa shape index (κ1) is 18.3. The predicted molar refractivity (Wildman–Crippen MR) is 82.2 cm³/mol. The number of carboxylic acid groups (broad SMARTS) is 2. The largest absolute Gasteiger partial charge is 0.478 e. The van der Waals surface area contributed by atoms with Gasteiger partial charge >= 0.3 is 18.1 Å². The van der Waals surface area contributed by atoms with Gasteiger partial charge in [-0.15, -0.1) is 16.4 Å². The SMILES string of the molecule is O=C(O)c1ccsc1-n1nnnc1Sc1nc(C(F)(F)F)c(C(=O)O)s1. The van der Waals surface area contributed by atoms with Gasteiger partial charge in [0, 0.05) is 0 Å². The van der Waals surface area contributed by atoms with Crippen LogP contribution in [-0.2, 0) is 6.18 Å². The van der Waals surface area contributed by atoms with Gasteiger partial charge < -0.3 is 10.2 Å². The average Bonchev–Trinajstić information content (AvgIpc) is 3.24. The predicted octanol–water partition coefficient (Wildman–Crippen LogP) is 2.75. The second kappa shape index (κ2) is 6.65. The monoisotopic (exact) mass is 423 g/mol. The maximum absolute atomic E-state index is 12.9. The fraction of sp³-hybridized carbons (Fsp3) is 0.0909. The zero-order chi connectivity index (χ0) is 19.1. The van der Waals surface area contributed by atoms with Crippen molar-refractivity contribution in [3.63, 3.8) is 0 Å². The van der Waals surface area contributed by atoms with E-state index >= 15 is 0 Å². The number of halogens is 3. The quantitative estimate of drug-likeness (QED) is 0.636. The van der Waals surface area contributed by atoms with Gasteiger partial charge in [-0.25, -0.2) is 14.6 Å². The van der Waals surface area contributed by atoms with Crippen LogP contribution in [0.4, 0.5) is 13.2 Å². The number of thiophene rings is 1. The summed E-state index contributed by atoms with van der Waals surface area (Å²) in [6.45, 7) is 0. The van der Waals surface area contributed by atoms with Crippen molar-refractivity contribution >= 4 is 46.4 Å². The molecule has 2 N–H and O–H groups in total. The lowest BCUT2D eigenvalue weighted by Crippen LogP contribution is -2.11. The molecule has 26 heavy (non-hydrogen) atoms. The molecule has 136 valence electrons. The van der Waals surface area contributed by atoms with Gasteiger partial charge in [-0.05, 0) is 33.6 Å². The van der Waals surface area contributed by atoms with Crippen LogP contribution in [0.1, 0.15) is 25.7 Å². The lowest BCUT2D eigenvalue weighted by atomic mass is 10.3. The molecule has 3 aromatic heterocycles. The first-order chi connectivity index (χ1) is 12.2. The van der Waals surface area contributed by atoms with Crippen LogP contribution in [0.3, 0.4) is 0 Å². The fourth-order valence-corrected chi connectivity index (χ4v) is 4.54. The van der Waals surface area contributed by atoms with E-state index in [0.29, 0.717) is 23.1 Å². The second-order valence-corrected chi connectivity index (χ2v) is 7.49. The maximum atomic E-state index is 12.9. The zero-order valence-corrected chi connectivity index (χ0v) is 14.4. The van der Waals surface area contributed by atoms with E-state index in [1.165, 1.54) is 11.4 Å². The highest BCUT2D eigenvalue weighted by molar-refractivity contribution is 8.00. The summed E-state index contributed by atoms with van der Waals surface area (Å²) in [4.78, 5) is 24.6. The van der Waals surface area contributed by atoms with E-state index in [1.54, 1.807) is 0 Å². The number of hydrogen-bond acceptors (Lipinski definition) is 9. The normalized spacial score (nSPS) is 11.7. The van der Waals surface area contributed by atoms with E-state index < -0.39 is 28.7 Å². The third-order valence-electron chi connectivity index (χ3n) is 2.76. The first-order valence-electron chi connectivity index (χ1n) is 6.27. The molecule has 0 aromatic carbocycles. The molecule has 3 aromatic rings. The van der Waals surface area contributed by atoms with E-state index in [4.69, 9.17) is 10.2 Å². The van der Waals surface area contributed by atoms with Crippen molar-refractivity contribution in [1.82, 2.24) is 25.2 Å². The lowest BCUT2D eigenvalue weighted by molar-refractivity contribution is -0.141. The Morgan fingerprint density at radius 2 is 1.96 bits per heavy atom. The van der Waals surface area contributed by atoms with Crippen LogP contribution < -0.4 is 0 Å². The van der Waals surface area contributed by atoms with E-state index in [0.717, 1.165) is 16.0 Å². The highest BCUT2D eigenvalue weighted by atomic mass is 32.2. The number of rotatable bonds is 5. The summed E-state index contributed by atoms with van der Waals surface area (Å²) in [5.74, 6) is -2.98. The van der Waals surface area contributed by atoms with Crippen LogP contribution in [0.15, 0.2) is 20.9 Å². The van der Waals surface area contributed by atoms with Gasteiger partial charge in [-0.2, -0.15) is 17.9 Å². The van der Waals surface area contributed by atoms with E-state index in [2.05, 4.69) is 20.5 Å². The van der Waals surface area contributed by atoms with Gasteiger partial charge in [-0.1, -0.05) is 11.3 Å². The minimum Gasteiger partial charge on any atom is -0.478 e. The van der Waals surface area contributed by atoms with Crippen molar-refractivity contribution in [3.8, 4) is 5.00 Å². The third kappa shape index (κ3) is 3.40. The Balaban J connectivity index is 1.99. The fourth-order valence-electron chi connectivity index (χ4n) is 1.76. The number of aromatic carboxylic acids is 2. The summed E-state index contributed by atoms with van der Waals surface area (Å²) in [6, 6.07) is 1.33. The Labute approximate surface area is 153 Å². The number of thiazole rings is 1. The van der Waals surface area contributed by atoms with Gasteiger partial charge in [0.1, 0.15) is 9.88 Å². The maximum Gasteiger partial charge on any atom is 0.435 e. The number of alkyl halides is 3. The Hall–Kier alpha value is -2.52. The summed E-state index contributed by atoms with van der Waals surface area (Å²) in [7, 11) is 0. The summed E-state index contributed by atoms with van der Waals surface area (Å²) in [6.07, 6.45) is -4.93. The molecule has 3 heterocycles. The highest BCUT2D eigenvalue weighted by Gasteiger charge is 2.40. The first-order valence-corrected chi connectivity index (χ1v) is 8.78. The number of carbonyl (C=O) groups is 2. The molecule has 0 saturated heterocycles. The molecule has 0 radical (unpaired) electrons. The molecule has 3 rings (SSSR count). The molecule has 0 bridgehead atoms. The molecule has 0 saturated carbocycles. The molecule has 0 aliphatic carbocycles. The van der Waals surface area contributed by atoms with Crippen molar-refractivity contribution in [2.75, 3.05) is 0 Å². The molecule has 15 heteroatoms. The molecule has 0 unspecified atom stereocenters. The van der Waals surface area contributed by atoms with E-state index in [9.17, 15) is 22.8 Å². The highest BCUT2D eigenvalue weighted by Crippen LogP contribution is 2.39. The molecule has 0 aliphatic heterocycles. The van der Waals surface area contributed by atoms with Gasteiger partial charge in [0.25, 0.3) is 0 Å². The van der Waals surface area contributed by atoms with Crippen LogP contribution in [0.2, 0.25) is 0 Å².